The fourth-order valence-electron chi connectivity index (χ4n) is 2.50. The number of rotatable bonds is 4. The standard InChI is InChI=1S/C16H14N4O7S/c1-9-11(6-20(2)28(22,23)19-9)16(21)24-7-14-17-15(18-27-14)10-3-4-12-13(5-10)26-8-25-12/h3-6H,7-8H2,1-2H3. The zero-order valence-corrected chi connectivity index (χ0v) is 15.6. The molecular formula is C16H14N4O7S. The molecule has 2 aliphatic rings. The van der Waals surface area contributed by atoms with E-state index in [9.17, 15) is 13.2 Å². The molecule has 11 nitrogen and oxygen atoms in total. The lowest BCUT2D eigenvalue weighted by molar-refractivity contribution is -0.140. The molecule has 0 atom stereocenters. The average Bonchev–Trinajstić information content (AvgIpc) is 3.30. The summed E-state index contributed by atoms with van der Waals surface area (Å²) >= 11 is 0. The SMILES string of the molecule is CC1=NS(=O)(=O)N(C)C=C1C(=O)OCc1nc(-c2ccc3c(c2)OCO3)no1. The van der Waals surface area contributed by atoms with Crippen LogP contribution in [-0.4, -0.2) is 48.4 Å². The average molecular weight is 406 g/mol. The van der Waals surface area contributed by atoms with Gasteiger partial charge in [0.2, 0.25) is 12.6 Å². The lowest BCUT2D eigenvalue weighted by Gasteiger charge is -2.18. The van der Waals surface area contributed by atoms with Crippen LogP contribution in [0.15, 0.2) is 38.9 Å². The first-order chi connectivity index (χ1) is 13.3. The normalized spacial score (nSPS) is 17.1. The van der Waals surface area contributed by atoms with Crippen LogP contribution < -0.4 is 9.47 Å². The monoisotopic (exact) mass is 406 g/mol. The fraction of sp³-hybridized carbons (Fsp3) is 0.250. The van der Waals surface area contributed by atoms with Gasteiger partial charge in [0.05, 0.1) is 11.3 Å². The van der Waals surface area contributed by atoms with E-state index < -0.39 is 16.2 Å². The van der Waals surface area contributed by atoms with E-state index >= 15 is 0 Å². The summed E-state index contributed by atoms with van der Waals surface area (Å²) in [7, 11) is -2.53. The number of nitrogens with zero attached hydrogens (tertiary/aromatic N) is 4. The van der Waals surface area contributed by atoms with Gasteiger partial charge in [-0.25, -0.2) is 4.79 Å². The van der Waals surface area contributed by atoms with Gasteiger partial charge in [-0.1, -0.05) is 5.16 Å². The van der Waals surface area contributed by atoms with Crippen LogP contribution >= 0.6 is 0 Å². The number of ether oxygens (including phenoxy) is 3. The molecule has 0 fully saturated rings. The second-order valence-electron chi connectivity index (χ2n) is 5.87. The first kappa shape index (κ1) is 18.0. The molecule has 0 saturated heterocycles. The Hall–Kier alpha value is -3.41. The number of carbonyl (C=O) groups is 1. The van der Waals surface area contributed by atoms with Crippen LogP contribution in [0.2, 0.25) is 0 Å². The number of aromatic nitrogens is 2. The van der Waals surface area contributed by atoms with Crippen LogP contribution in [0.3, 0.4) is 0 Å². The van der Waals surface area contributed by atoms with Gasteiger partial charge in [-0.05, 0) is 25.1 Å². The van der Waals surface area contributed by atoms with E-state index in [1.807, 2.05) is 0 Å². The van der Waals surface area contributed by atoms with Gasteiger partial charge in [0.15, 0.2) is 18.1 Å². The van der Waals surface area contributed by atoms with Gasteiger partial charge in [0.1, 0.15) is 0 Å². The first-order valence-corrected chi connectivity index (χ1v) is 9.39. The van der Waals surface area contributed by atoms with Gasteiger partial charge in [0.25, 0.3) is 5.89 Å². The summed E-state index contributed by atoms with van der Waals surface area (Å²) in [5, 5.41) is 3.85. The van der Waals surface area contributed by atoms with Crippen molar-refractivity contribution in [2.45, 2.75) is 13.5 Å². The maximum absolute atomic E-state index is 12.2. The molecule has 0 aliphatic carbocycles. The van der Waals surface area contributed by atoms with Crippen molar-refractivity contribution < 1.29 is 31.9 Å². The van der Waals surface area contributed by atoms with E-state index in [0.717, 1.165) is 10.5 Å². The highest BCUT2D eigenvalue weighted by atomic mass is 32.2. The summed E-state index contributed by atoms with van der Waals surface area (Å²) in [5.41, 5.74) is 0.706. The van der Waals surface area contributed by atoms with Crippen molar-refractivity contribution in [2.75, 3.05) is 13.8 Å². The van der Waals surface area contributed by atoms with Crippen LogP contribution in [0.1, 0.15) is 12.8 Å². The van der Waals surface area contributed by atoms with Gasteiger partial charge in [-0.15, -0.1) is 4.40 Å². The van der Waals surface area contributed by atoms with Crippen LogP contribution in [0.25, 0.3) is 11.4 Å². The molecule has 0 amide bonds. The van der Waals surface area contributed by atoms with Gasteiger partial charge < -0.3 is 18.7 Å². The third kappa shape index (κ3) is 3.29. The Kier molecular flexibility index (Phi) is 4.26. The molecule has 2 aromatic rings. The number of hydrogen-bond donors (Lipinski definition) is 0. The Morgan fingerprint density at radius 2 is 2.07 bits per heavy atom. The van der Waals surface area contributed by atoms with E-state index in [0.29, 0.717) is 22.9 Å². The van der Waals surface area contributed by atoms with Crippen molar-refractivity contribution in [2.24, 2.45) is 4.40 Å². The van der Waals surface area contributed by atoms with Gasteiger partial charge in [0, 0.05) is 18.8 Å². The number of hydrogen-bond acceptors (Lipinski definition) is 9. The minimum atomic E-state index is -3.80. The van der Waals surface area contributed by atoms with Crippen molar-refractivity contribution in [3.05, 3.63) is 35.9 Å². The van der Waals surface area contributed by atoms with E-state index in [1.165, 1.54) is 14.0 Å². The van der Waals surface area contributed by atoms with Crippen LogP contribution in [0.4, 0.5) is 0 Å². The van der Waals surface area contributed by atoms with Crippen LogP contribution in [0.5, 0.6) is 11.5 Å². The van der Waals surface area contributed by atoms with Gasteiger partial charge in [-0.2, -0.15) is 13.4 Å². The van der Waals surface area contributed by atoms with Gasteiger partial charge in [-0.3, -0.25) is 4.31 Å². The van der Waals surface area contributed by atoms with E-state index in [1.54, 1.807) is 18.2 Å². The number of benzene rings is 1. The van der Waals surface area contributed by atoms with E-state index in [2.05, 4.69) is 14.5 Å². The predicted octanol–water partition coefficient (Wildman–Crippen LogP) is 1.04. The molecule has 0 unspecified atom stereocenters. The smallest absolute Gasteiger partial charge is 0.344 e. The molecule has 0 bridgehead atoms. The highest BCUT2D eigenvalue weighted by Crippen LogP contribution is 2.35. The largest absolute Gasteiger partial charge is 0.454 e. The lowest BCUT2D eigenvalue weighted by atomic mass is 10.2. The Labute approximate surface area is 159 Å². The number of esters is 1. The molecular weight excluding hydrogens is 392 g/mol. The molecule has 4 rings (SSSR count). The maximum Gasteiger partial charge on any atom is 0.344 e. The minimum Gasteiger partial charge on any atom is -0.454 e. The Morgan fingerprint density at radius 3 is 2.89 bits per heavy atom. The van der Waals surface area contributed by atoms with Gasteiger partial charge >= 0.3 is 16.2 Å². The van der Waals surface area contributed by atoms with E-state index in [-0.39, 0.29) is 30.6 Å². The number of fused-ring (bicyclic) bond motifs is 1. The number of carbonyl (C=O) groups excluding carboxylic acids is 1. The Morgan fingerprint density at radius 1 is 1.29 bits per heavy atom. The molecule has 28 heavy (non-hydrogen) atoms. The fourth-order valence-corrected chi connectivity index (χ4v) is 3.31. The summed E-state index contributed by atoms with van der Waals surface area (Å²) in [6, 6.07) is 5.19. The van der Waals surface area contributed by atoms with Crippen molar-refractivity contribution in [3.63, 3.8) is 0 Å². The predicted molar refractivity (Wildman–Crippen MR) is 93.5 cm³/mol. The second-order valence-corrected chi connectivity index (χ2v) is 7.52. The zero-order valence-electron chi connectivity index (χ0n) is 14.8. The summed E-state index contributed by atoms with van der Waals surface area (Å²) in [6.45, 7) is 1.28. The maximum atomic E-state index is 12.2. The Bertz CT molecular complexity index is 1120. The third-order valence-electron chi connectivity index (χ3n) is 3.96. The molecule has 0 radical (unpaired) electrons. The Balaban J connectivity index is 1.44. The third-order valence-corrected chi connectivity index (χ3v) is 5.30. The topological polar surface area (TPSA) is 133 Å². The highest BCUT2D eigenvalue weighted by molar-refractivity contribution is 7.88. The molecule has 1 aromatic heterocycles. The van der Waals surface area contributed by atoms with Crippen molar-refractivity contribution in [1.82, 2.24) is 14.4 Å². The summed E-state index contributed by atoms with van der Waals surface area (Å²) < 4.78 is 48.4. The van der Waals surface area contributed by atoms with Crippen molar-refractivity contribution in [3.8, 4) is 22.9 Å². The van der Waals surface area contributed by atoms with E-state index in [4.69, 9.17) is 18.7 Å². The summed E-state index contributed by atoms with van der Waals surface area (Å²) in [4.78, 5) is 16.4. The summed E-state index contributed by atoms with van der Waals surface area (Å²) in [5.74, 6) is 0.822. The summed E-state index contributed by atoms with van der Waals surface area (Å²) in [6.07, 6.45) is 1.14. The van der Waals surface area contributed by atoms with Crippen LogP contribution in [0, 0.1) is 0 Å². The molecule has 3 heterocycles. The lowest BCUT2D eigenvalue weighted by Crippen LogP contribution is -2.29. The van der Waals surface area contributed by atoms with Crippen molar-refractivity contribution >= 4 is 21.9 Å². The highest BCUT2D eigenvalue weighted by Gasteiger charge is 2.27. The zero-order chi connectivity index (χ0) is 19.9. The molecule has 0 saturated carbocycles. The minimum absolute atomic E-state index is 0.0211. The molecule has 0 spiro atoms. The van der Waals surface area contributed by atoms with Crippen molar-refractivity contribution in [1.29, 1.82) is 0 Å². The molecule has 0 N–H and O–H groups in total. The molecule has 1 aromatic carbocycles. The second kappa shape index (κ2) is 6.64. The molecule has 2 aliphatic heterocycles. The molecule has 12 heteroatoms. The first-order valence-electron chi connectivity index (χ1n) is 8.00. The van der Waals surface area contributed by atoms with Crippen LogP contribution in [-0.2, 0) is 26.3 Å². The molecule has 146 valence electrons. The quantitative estimate of drug-likeness (QED) is 0.683.